The molecule has 1 saturated heterocycles. The molecule has 1 unspecified atom stereocenters. The lowest BCUT2D eigenvalue weighted by Gasteiger charge is -2.48. The summed E-state index contributed by atoms with van der Waals surface area (Å²) >= 11 is 5.84. The molecule has 1 heterocycles. The first-order valence-electron chi connectivity index (χ1n) is 9.09. The van der Waals surface area contributed by atoms with Gasteiger partial charge in [-0.05, 0) is 49.7 Å². The van der Waals surface area contributed by atoms with Crippen LogP contribution in [0.2, 0.25) is 5.02 Å². The Morgan fingerprint density at radius 3 is 2.38 bits per heavy atom. The average molecular weight is 419 g/mol. The molecule has 2 amide bonds. The molecule has 0 aliphatic carbocycles. The molecule has 0 saturated carbocycles. The number of hydrogen-bond acceptors (Lipinski definition) is 5. The minimum atomic E-state index is -0.937. The van der Waals surface area contributed by atoms with Crippen molar-refractivity contribution in [3.8, 4) is 17.2 Å². The summed E-state index contributed by atoms with van der Waals surface area (Å²) in [4.78, 5) is 27.0. The molecule has 8 heteroatoms. The van der Waals surface area contributed by atoms with E-state index in [9.17, 15) is 9.59 Å². The van der Waals surface area contributed by atoms with Crippen molar-refractivity contribution < 1.29 is 23.8 Å². The minimum absolute atomic E-state index is 0.152. The van der Waals surface area contributed by atoms with Crippen LogP contribution in [0.5, 0.6) is 17.2 Å². The smallest absolute Gasteiger partial charge is 0.261 e. The zero-order valence-corrected chi connectivity index (χ0v) is 17.3. The van der Waals surface area contributed by atoms with E-state index < -0.39 is 5.54 Å². The van der Waals surface area contributed by atoms with Crippen molar-refractivity contribution in [1.82, 2.24) is 4.90 Å². The third kappa shape index (κ3) is 4.40. The van der Waals surface area contributed by atoms with Crippen molar-refractivity contribution in [2.75, 3.05) is 32.7 Å². The highest BCUT2D eigenvalue weighted by Gasteiger charge is 2.49. The molecule has 154 valence electrons. The molecule has 7 nitrogen and oxygen atoms in total. The summed E-state index contributed by atoms with van der Waals surface area (Å²) in [6, 6.07) is 11.9. The normalized spacial score (nSPS) is 17.9. The zero-order chi connectivity index (χ0) is 21.0. The number of amides is 2. The summed E-state index contributed by atoms with van der Waals surface area (Å²) in [7, 11) is 3.07. The quantitative estimate of drug-likeness (QED) is 0.746. The number of likely N-dealkylation sites (tertiary alicyclic amines) is 1. The largest absolute Gasteiger partial charge is 0.493 e. The molecule has 0 bridgehead atoms. The standard InChI is InChI=1S/C21H23ClN2O5/c1-21(20(26)23-15-6-9-17(27-2)18(12-15)28-3)10-11-24(21)19(25)13-29-16-7-4-14(22)5-8-16/h4-9,12H,10-11,13H2,1-3H3,(H,23,26). The highest BCUT2D eigenvalue weighted by molar-refractivity contribution is 6.30. The van der Waals surface area contributed by atoms with Gasteiger partial charge in [0.2, 0.25) is 5.91 Å². The zero-order valence-electron chi connectivity index (χ0n) is 16.5. The van der Waals surface area contributed by atoms with Crippen molar-refractivity contribution in [2.45, 2.75) is 18.9 Å². The maximum atomic E-state index is 12.9. The fourth-order valence-electron chi connectivity index (χ4n) is 3.13. The highest BCUT2D eigenvalue weighted by Crippen LogP contribution is 2.34. The molecule has 2 aromatic carbocycles. The molecular formula is C21H23ClN2O5. The molecule has 0 aromatic heterocycles. The van der Waals surface area contributed by atoms with Crippen molar-refractivity contribution in [3.05, 3.63) is 47.5 Å². The first-order chi connectivity index (χ1) is 13.9. The van der Waals surface area contributed by atoms with Crippen LogP contribution in [-0.4, -0.2) is 49.6 Å². The van der Waals surface area contributed by atoms with E-state index in [1.54, 1.807) is 56.5 Å². The minimum Gasteiger partial charge on any atom is -0.493 e. The lowest BCUT2D eigenvalue weighted by atomic mass is 9.85. The van der Waals surface area contributed by atoms with Crippen LogP contribution in [0.25, 0.3) is 0 Å². The van der Waals surface area contributed by atoms with Crippen LogP contribution < -0.4 is 19.5 Å². The van der Waals surface area contributed by atoms with Gasteiger partial charge in [0.25, 0.3) is 5.91 Å². The van der Waals surface area contributed by atoms with Crippen molar-refractivity contribution in [2.24, 2.45) is 0 Å². The molecule has 1 aliphatic rings. The second-order valence-corrected chi connectivity index (χ2v) is 7.27. The molecule has 1 N–H and O–H groups in total. The van der Waals surface area contributed by atoms with Gasteiger partial charge < -0.3 is 24.4 Å². The Morgan fingerprint density at radius 1 is 1.10 bits per heavy atom. The summed E-state index contributed by atoms with van der Waals surface area (Å²) in [6.45, 7) is 2.09. The Morgan fingerprint density at radius 2 is 1.79 bits per heavy atom. The molecule has 29 heavy (non-hydrogen) atoms. The lowest BCUT2D eigenvalue weighted by Crippen LogP contribution is -2.66. The van der Waals surface area contributed by atoms with Crippen LogP contribution in [0, 0.1) is 0 Å². The number of anilines is 1. The Balaban J connectivity index is 1.62. The number of ether oxygens (including phenoxy) is 3. The summed E-state index contributed by atoms with van der Waals surface area (Å²) in [5.41, 5.74) is -0.376. The fraction of sp³-hybridized carbons (Fsp3) is 0.333. The maximum Gasteiger partial charge on any atom is 0.261 e. The van der Waals surface area contributed by atoms with Crippen LogP contribution in [0.15, 0.2) is 42.5 Å². The van der Waals surface area contributed by atoms with Gasteiger partial charge in [0, 0.05) is 23.3 Å². The number of rotatable bonds is 7. The fourth-order valence-corrected chi connectivity index (χ4v) is 3.25. The number of benzene rings is 2. The summed E-state index contributed by atoms with van der Waals surface area (Å²) in [6.07, 6.45) is 0.568. The molecule has 1 aliphatic heterocycles. The Hall–Kier alpha value is -2.93. The second kappa shape index (κ2) is 8.61. The van der Waals surface area contributed by atoms with Crippen LogP contribution in [-0.2, 0) is 9.59 Å². The molecule has 1 fully saturated rings. The van der Waals surface area contributed by atoms with Gasteiger partial charge in [-0.3, -0.25) is 9.59 Å². The number of halogens is 1. The van der Waals surface area contributed by atoms with Gasteiger partial charge in [-0.25, -0.2) is 0 Å². The Labute approximate surface area is 174 Å². The molecule has 2 aromatic rings. The summed E-state index contributed by atoms with van der Waals surface area (Å²) in [5, 5.41) is 3.44. The maximum absolute atomic E-state index is 12.9. The van der Waals surface area contributed by atoms with Gasteiger partial charge in [0.15, 0.2) is 18.1 Å². The van der Waals surface area contributed by atoms with E-state index in [1.807, 2.05) is 0 Å². The highest BCUT2D eigenvalue weighted by atomic mass is 35.5. The van der Waals surface area contributed by atoms with Gasteiger partial charge in [0.1, 0.15) is 11.3 Å². The van der Waals surface area contributed by atoms with Gasteiger partial charge in [0.05, 0.1) is 14.2 Å². The average Bonchev–Trinajstić information content (AvgIpc) is 2.71. The number of carbonyl (C=O) groups excluding carboxylic acids is 2. The number of nitrogens with one attached hydrogen (secondary N) is 1. The van der Waals surface area contributed by atoms with Crippen LogP contribution in [0.4, 0.5) is 5.69 Å². The SMILES string of the molecule is COc1ccc(NC(=O)C2(C)CCN2C(=O)COc2ccc(Cl)cc2)cc1OC. The van der Waals surface area contributed by atoms with E-state index in [0.717, 1.165) is 0 Å². The van der Waals surface area contributed by atoms with Crippen molar-refractivity contribution >= 4 is 29.1 Å². The lowest BCUT2D eigenvalue weighted by molar-refractivity contribution is -0.156. The van der Waals surface area contributed by atoms with Gasteiger partial charge >= 0.3 is 0 Å². The number of hydrogen-bond donors (Lipinski definition) is 1. The first-order valence-corrected chi connectivity index (χ1v) is 9.47. The number of carbonyl (C=O) groups is 2. The monoisotopic (exact) mass is 418 g/mol. The van der Waals surface area contributed by atoms with Crippen molar-refractivity contribution in [3.63, 3.8) is 0 Å². The molecular weight excluding hydrogens is 396 g/mol. The second-order valence-electron chi connectivity index (χ2n) is 6.84. The Kier molecular flexibility index (Phi) is 6.17. The third-order valence-corrected chi connectivity index (χ3v) is 5.28. The number of nitrogens with zero attached hydrogens (tertiary/aromatic N) is 1. The van der Waals surface area contributed by atoms with Crippen LogP contribution in [0.3, 0.4) is 0 Å². The van der Waals surface area contributed by atoms with E-state index in [2.05, 4.69) is 5.32 Å². The molecule has 1 atom stereocenters. The van der Waals surface area contributed by atoms with Crippen LogP contribution >= 0.6 is 11.6 Å². The van der Waals surface area contributed by atoms with E-state index >= 15 is 0 Å². The topological polar surface area (TPSA) is 77.1 Å². The number of methoxy groups -OCH3 is 2. The molecule has 0 spiro atoms. The van der Waals surface area contributed by atoms with Crippen LogP contribution in [0.1, 0.15) is 13.3 Å². The van der Waals surface area contributed by atoms with Gasteiger partial charge in [-0.15, -0.1) is 0 Å². The van der Waals surface area contributed by atoms with E-state index in [-0.39, 0.29) is 18.4 Å². The summed E-state index contributed by atoms with van der Waals surface area (Å²) in [5.74, 6) is 1.09. The first kappa shape index (κ1) is 20.8. The third-order valence-electron chi connectivity index (χ3n) is 5.03. The molecule has 0 radical (unpaired) electrons. The predicted molar refractivity (Wildman–Crippen MR) is 110 cm³/mol. The predicted octanol–water partition coefficient (Wildman–Crippen LogP) is 3.37. The van der Waals surface area contributed by atoms with Crippen molar-refractivity contribution in [1.29, 1.82) is 0 Å². The van der Waals surface area contributed by atoms with E-state index in [0.29, 0.717) is 40.9 Å². The Bertz CT molecular complexity index is 902. The van der Waals surface area contributed by atoms with Gasteiger partial charge in [-0.2, -0.15) is 0 Å². The van der Waals surface area contributed by atoms with E-state index in [4.69, 9.17) is 25.8 Å². The summed E-state index contributed by atoms with van der Waals surface area (Å²) < 4.78 is 16.0. The molecule has 3 rings (SSSR count). The van der Waals surface area contributed by atoms with E-state index in [1.165, 1.54) is 12.0 Å². The van der Waals surface area contributed by atoms with Gasteiger partial charge in [-0.1, -0.05) is 11.6 Å².